The van der Waals surface area contributed by atoms with Crippen molar-refractivity contribution in [3.05, 3.63) is 41.3 Å². The average Bonchev–Trinajstić information content (AvgIpc) is 2.68. The van der Waals surface area contributed by atoms with Crippen molar-refractivity contribution < 1.29 is 4.74 Å². The highest BCUT2D eigenvalue weighted by Gasteiger charge is 2.09. The molecule has 0 aliphatic heterocycles. The number of nitrogen functional groups attached to an aromatic ring is 1. The van der Waals surface area contributed by atoms with Crippen molar-refractivity contribution in [1.29, 1.82) is 0 Å². The maximum Gasteiger partial charge on any atom is 0.149 e. The number of anilines is 1. The smallest absolute Gasteiger partial charge is 0.149 e. The lowest BCUT2D eigenvalue weighted by Crippen LogP contribution is -2.08. The van der Waals surface area contributed by atoms with E-state index in [1.54, 1.807) is 6.07 Å². The molecule has 2 rings (SSSR count). The molecule has 0 bridgehead atoms. The van der Waals surface area contributed by atoms with Gasteiger partial charge in [-0.05, 0) is 32.0 Å². The van der Waals surface area contributed by atoms with Crippen LogP contribution in [0.15, 0.2) is 30.5 Å². The number of benzene rings is 1. The summed E-state index contributed by atoms with van der Waals surface area (Å²) in [6, 6.07) is 7.58. The summed E-state index contributed by atoms with van der Waals surface area (Å²) in [6.07, 6.45) is 1.82. The molecule has 18 heavy (non-hydrogen) atoms. The molecule has 0 amide bonds. The van der Waals surface area contributed by atoms with Crippen LogP contribution in [0.1, 0.15) is 25.7 Å². The Bertz CT molecular complexity index is 537. The van der Waals surface area contributed by atoms with Gasteiger partial charge in [0.1, 0.15) is 24.0 Å². The summed E-state index contributed by atoms with van der Waals surface area (Å²) >= 11 is 5.89. The first-order valence-electron chi connectivity index (χ1n) is 5.78. The van der Waals surface area contributed by atoms with Crippen molar-refractivity contribution in [3.63, 3.8) is 0 Å². The van der Waals surface area contributed by atoms with Crippen LogP contribution < -0.4 is 10.5 Å². The quantitative estimate of drug-likeness (QED) is 0.923. The summed E-state index contributed by atoms with van der Waals surface area (Å²) in [7, 11) is 0. The van der Waals surface area contributed by atoms with Crippen LogP contribution in [-0.2, 0) is 6.61 Å². The zero-order valence-corrected chi connectivity index (χ0v) is 11.2. The molecular weight excluding hydrogens is 250 g/mol. The van der Waals surface area contributed by atoms with Crippen LogP contribution in [0.2, 0.25) is 5.02 Å². The molecule has 96 valence electrons. The van der Waals surface area contributed by atoms with E-state index in [1.807, 2.05) is 29.0 Å². The number of imidazole rings is 1. The van der Waals surface area contributed by atoms with Gasteiger partial charge in [0.25, 0.3) is 0 Å². The lowest BCUT2D eigenvalue weighted by atomic mass is 10.3. The summed E-state index contributed by atoms with van der Waals surface area (Å²) in [5.41, 5.74) is 5.70. The topological polar surface area (TPSA) is 53.1 Å². The average molecular weight is 266 g/mol. The maximum atomic E-state index is 5.89. The monoisotopic (exact) mass is 265 g/mol. The standard InChI is InChI=1S/C13H16ClN3O/c1-9(2)17-7-12(15)16-13(17)8-18-11-5-3-4-10(14)6-11/h3-7,9H,8,15H2,1-2H3. The molecule has 2 N–H and O–H groups in total. The highest BCUT2D eigenvalue weighted by molar-refractivity contribution is 6.30. The lowest BCUT2D eigenvalue weighted by molar-refractivity contribution is 0.286. The summed E-state index contributed by atoms with van der Waals surface area (Å²) in [6.45, 7) is 4.52. The number of hydrogen-bond acceptors (Lipinski definition) is 3. The molecule has 0 saturated carbocycles. The third-order valence-electron chi connectivity index (χ3n) is 2.55. The number of nitrogens with two attached hydrogens (primary N) is 1. The van der Waals surface area contributed by atoms with Crippen molar-refractivity contribution in [2.24, 2.45) is 0 Å². The molecule has 2 aromatic rings. The van der Waals surface area contributed by atoms with Gasteiger partial charge < -0.3 is 15.0 Å². The van der Waals surface area contributed by atoms with Crippen LogP contribution in [0, 0.1) is 0 Å². The SMILES string of the molecule is CC(C)n1cc(N)nc1COc1cccc(Cl)c1. The van der Waals surface area contributed by atoms with E-state index in [-0.39, 0.29) is 0 Å². The van der Waals surface area contributed by atoms with Gasteiger partial charge in [-0.2, -0.15) is 0 Å². The third-order valence-corrected chi connectivity index (χ3v) is 2.78. The van der Waals surface area contributed by atoms with Crippen LogP contribution in [-0.4, -0.2) is 9.55 Å². The minimum atomic E-state index is 0.299. The fourth-order valence-electron chi connectivity index (χ4n) is 1.71. The van der Waals surface area contributed by atoms with E-state index in [2.05, 4.69) is 18.8 Å². The largest absolute Gasteiger partial charge is 0.486 e. The van der Waals surface area contributed by atoms with Gasteiger partial charge in [-0.3, -0.25) is 0 Å². The molecule has 0 unspecified atom stereocenters. The first kappa shape index (κ1) is 12.8. The highest BCUT2D eigenvalue weighted by atomic mass is 35.5. The predicted molar refractivity (Wildman–Crippen MR) is 72.8 cm³/mol. The zero-order valence-electron chi connectivity index (χ0n) is 10.4. The number of rotatable bonds is 4. The van der Waals surface area contributed by atoms with Gasteiger partial charge in [-0.1, -0.05) is 17.7 Å². The molecular formula is C13H16ClN3O. The fraction of sp³-hybridized carbons (Fsp3) is 0.308. The second-order valence-corrected chi connectivity index (χ2v) is 4.77. The van der Waals surface area contributed by atoms with Crippen LogP contribution in [0.25, 0.3) is 0 Å². The number of nitrogens with zero attached hydrogens (tertiary/aromatic N) is 2. The summed E-state index contributed by atoms with van der Waals surface area (Å²) in [4.78, 5) is 4.25. The van der Waals surface area contributed by atoms with E-state index in [9.17, 15) is 0 Å². The Morgan fingerprint density at radius 1 is 1.44 bits per heavy atom. The Morgan fingerprint density at radius 2 is 2.22 bits per heavy atom. The van der Waals surface area contributed by atoms with Gasteiger partial charge in [0, 0.05) is 17.3 Å². The van der Waals surface area contributed by atoms with Crippen molar-refractivity contribution in [2.45, 2.75) is 26.5 Å². The van der Waals surface area contributed by atoms with E-state index in [1.165, 1.54) is 0 Å². The van der Waals surface area contributed by atoms with Gasteiger partial charge >= 0.3 is 0 Å². The Kier molecular flexibility index (Phi) is 3.77. The molecule has 0 spiro atoms. The van der Waals surface area contributed by atoms with Crippen molar-refractivity contribution in [2.75, 3.05) is 5.73 Å². The Morgan fingerprint density at radius 3 is 2.89 bits per heavy atom. The van der Waals surface area contributed by atoms with Crippen LogP contribution in [0.3, 0.4) is 0 Å². The van der Waals surface area contributed by atoms with Crippen molar-refractivity contribution in [3.8, 4) is 5.75 Å². The van der Waals surface area contributed by atoms with Gasteiger partial charge in [-0.25, -0.2) is 4.98 Å². The third kappa shape index (κ3) is 2.96. The Labute approximate surface area is 111 Å². The first-order chi connectivity index (χ1) is 8.56. The summed E-state index contributed by atoms with van der Waals surface area (Å²) < 4.78 is 7.65. The molecule has 0 fully saturated rings. The molecule has 0 radical (unpaired) electrons. The number of ether oxygens (including phenoxy) is 1. The molecule has 0 aliphatic rings. The van der Waals surface area contributed by atoms with Gasteiger partial charge in [-0.15, -0.1) is 0 Å². The molecule has 5 heteroatoms. The molecule has 1 aromatic heterocycles. The highest BCUT2D eigenvalue weighted by Crippen LogP contribution is 2.19. The van der Waals surface area contributed by atoms with Crippen LogP contribution >= 0.6 is 11.6 Å². The normalized spacial score (nSPS) is 10.9. The molecule has 1 heterocycles. The second kappa shape index (κ2) is 5.31. The molecule has 0 saturated heterocycles. The Hall–Kier alpha value is -1.68. The number of aromatic nitrogens is 2. The minimum Gasteiger partial charge on any atom is -0.486 e. The van der Waals surface area contributed by atoms with Gasteiger partial charge in [0.05, 0.1) is 0 Å². The van der Waals surface area contributed by atoms with E-state index in [0.29, 0.717) is 23.5 Å². The number of halogens is 1. The zero-order chi connectivity index (χ0) is 13.1. The van der Waals surface area contributed by atoms with Crippen molar-refractivity contribution in [1.82, 2.24) is 9.55 Å². The van der Waals surface area contributed by atoms with Crippen LogP contribution in [0.4, 0.5) is 5.82 Å². The lowest BCUT2D eigenvalue weighted by Gasteiger charge is -2.12. The van der Waals surface area contributed by atoms with Crippen molar-refractivity contribution >= 4 is 17.4 Å². The van der Waals surface area contributed by atoms with E-state index in [0.717, 1.165) is 11.6 Å². The van der Waals surface area contributed by atoms with Gasteiger partial charge in [0.2, 0.25) is 0 Å². The van der Waals surface area contributed by atoms with Crippen LogP contribution in [0.5, 0.6) is 5.75 Å². The maximum absolute atomic E-state index is 5.89. The molecule has 0 aliphatic carbocycles. The predicted octanol–water partition coefficient (Wildman–Crippen LogP) is 3.28. The van der Waals surface area contributed by atoms with E-state index < -0.39 is 0 Å². The minimum absolute atomic E-state index is 0.299. The first-order valence-corrected chi connectivity index (χ1v) is 6.15. The summed E-state index contributed by atoms with van der Waals surface area (Å²) in [5.74, 6) is 2.04. The Balaban J connectivity index is 2.10. The summed E-state index contributed by atoms with van der Waals surface area (Å²) in [5, 5.41) is 0.652. The molecule has 4 nitrogen and oxygen atoms in total. The van der Waals surface area contributed by atoms with Gasteiger partial charge in [0.15, 0.2) is 0 Å². The van der Waals surface area contributed by atoms with E-state index >= 15 is 0 Å². The second-order valence-electron chi connectivity index (χ2n) is 4.33. The molecule has 0 atom stereocenters. The fourth-order valence-corrected chi connectivity index (χ4v) is 1.89. The van der Waals surface area contributed by atoms with E-state index in [4.69, 9.17) is 22.1 Å². The number of hydrogen-bond donors (Lipinski definition) is 1. The molecule has 1 aromatic carbocycles.